The topological polar surface area (TPSA) is 73.1 Å². The number of anilines is 2. The van der Waals surface area contributed by atoms with Crippen molar-refractivity contribution in [1.82, 2.24) is 9.97 Å². The van der Waals surface area contributed by atoms with Gasteiger partial charge in [0.1, 0.15) is 30.3 Å². The number of ether oxygens (including phenoxy) is 1. The zero-order valence-electron chi connectivity index (χ0n) is 12.4. The molecule has 0 spiro atoms. The molecule has 124 valence electrons. The van der Waals surface area contributed by atoms with Gasteiger partial charge in [-0.3, -0.25) is 0 Å². The van der Waals surface area contributed by atoms with Gasteiger partial charge in [-0.05, 0) is 24.3 Å². The molecule has 0 amide bonds. The molecule has 5 nitrogen and oxygen atoms in total. The number of nitrogens with zero attached hydrogens (tertiary/aromatic N) is 2. The third-order valence-corrected chi connectivity index (χ3v) is 3.98. The third-order valence-electron chi connectivity index (χ3n) is 3.26. The van der Waals surface area contributed by atoms with Crippen molar-refractivity contribution in [3.63, 3.8) is 0 Å². The fourth-order valence-electron chi connectivity index (χ4n) is 2.15. The van der Waals surface area contributed by atoms with Gasteiger partial charge in [-0.1, -0.05) is 23.2 Å². The Labute approximate surface area is 147 Å². The zero-order valence-corrected chi connectivity index (χ0v) is 13.9. The SMILES string of the molecule is NCCOc1ccc2c(Nc3cc(Cl)c(Cl)cc3F)ncnc2c1. The van der Waals surface area contributed by atoms with Crippen molar-refractivity contribution in [2.45, 2.75) is 0 Å². The van der Waals surface area contributed by atoms with Crippen LogP contribution in [0.4, 0.5) is 15.9 Å². The molecule has 3 aromatic rings. The molecular formula is C16H13Cl2FN4O. The van der Waals surface area contributed by atoms with Gasteiger partial charge in [0.05, 0.1) is 21.2 Å². The predicted molar refractivity (Wildman–Crippen MR) is 93.8 cm³/mol. The van der Waals surface area contributed by atoms with Gasteiger partial charge in [-0.2, -0.15) is 0 Å². The van der Waals surface area contributed by atoms with Gasteiger partial charge in [-0.15, -0.1) is 0 Å². The molecule has 1 aromatic heterocycles. The lowest BCUT2D eigenvalue weighted by Crippen LogP contribution is -2.10. The third kappa shape index (κ3) is 3.51. The van der Waals surface area contributed by atoms with Crippen LogP contribution in [-0.2, 0) is 0 Å². The van der Waals surface area contributed by atoms with Crippen LogP contribution < -0.4 is 15.8 Å². The van der Waals surface area contributed by atoms with Crippen LogP contribution in [0.15, 0.2) is 36.7 Å². The van der Waals surface area contributed by atoms with Gasteiger partial charge in [0.15, 0.2) is 0 Å². The summed E-state index contributed by atoms with van der Waals surface area (Å²) in [5.74, 6) is 0.569. The number of benzene rings is 2. The maximum absolute atomic E-state index is 14.0. The fraction of sp³-hybridized carbons (Fsp3) is 0.125. The zero-order chi connectivity index (χ0) is 17.1. The number of nitrogens with two attached hydrogens (primary N) is 1. The Morgan fingerprint density at radius 1 is 1.12 bits per heavy atom. The van der Waals surface area contributed by atoms with Crippen LogP contribution in [0.1, 0.15) is 0 Å². The van der Waals surface area contributed by atoms with E-state index in [2.05, 4.69) is 15.3 Å². The van der Waals surface area contributed by atoms with Crippen molar-refractivity contribution in [3.05, 3.63) is 52.5 Å². The first kappa shape index (κ1) is 16.7. The van der Waals surface area contributed by atoms with Crippen LogP contribution in [0, 0.1) is 5.82 Å². The summed E-state index contributed by atoms with van der Waals surface area (Å²) >= 11 is 11.7. The van der Waals surface area contributed by atoms with E-state index in [1.54, 1.807) is 18.2 Å². The van der Waals surface area contributed by atoms with E-state index in [4.69, 9.17) is 33.7 Å². The van der Waals surface area contributed by atoms with Crippen molar-refractivity contribution in [2.24, 2.45) is 5.73 Å². The Morgan fingerprint density at radius 2 is 1.92 bits per heavy atom. The molecule has 0 aliphatic carbocycles. The second-order valence-electron chi connectivity index (χ2n) is 4.91. The number of nitrogens with one attached hydrogen (secondary N) is 1. The van der Waals surface area contributed by atoms with E-state index in [1.807, 2.05) is 0 Å². The molecule has 24 heavy (non-hydrogen) atoms. The highest BCUT2D eigenvalue weighted by atomic mass is 35.5. The highest BCUT2D eigenvalue weighted by Crippen LogP contribution is 2.31. The first-order valence-electron chi connectivity index (χ1n) is 7.07. The first-order chi connectivity index (χ1) is 11.6. The number of hydrogen-bond donors (Lipinski definition) is 2. The monoisotopic (exact) mass is 366 g/mol. The van der Waals surface area contributed by atoms with Gasteiger partial charge in [-0.25, -0.2) is 14.4 Å². The summed E-state index contributed by atoms with van der Waals surface area (Å²) in [6, 6.07) is 7.89. The Bertz CT molecular complexity index is 891. The van der Waals surface area contributed by atoms with Crippen molar-refractivity contribution < 1.29 is 9.13 Å². The number of fused-ring (bicyclic) bond motifs is 1. The molecular weight excluding hydrogens is 354 g/mol. The average Bonchev–Trinajstić information content (AvgIpc) is 2.57. The normalized spacial score (nSPS) is 10.8. The van der Waals surface area contributed by atoms with Gasteiger partial charge in [0.2, 0.25) is 0 Å². The lowest BCUT2D eigenvalue weighted by molar-refractivity contribution is 0.328. The van der Waals surface area contributed by atoms with E-state index >= 15 is 0 Å². The van der Waals surface area contributed by atoms with Crippen LogP contribution in [0.2, 0.25) is 10.0 Å². The summed E-state index contributed by atoms with van der Waals surface area (Å²) in [5.41, 5.74) is 6.25. The minimum absolute atomic E-state index is 0.147. The Kier molecular flexibility index (Phi) is 4.99. The predicted octanol–water partition coefficient (Wildman–Crippen LogP) is 4.16. The van der Waals surface area contributed by atoms with Crippen molar-refractivity contribution in [1.29, 1.82) is 0 Å². The first-order valence-corrected chi connectivity index (χ1v) is 7.83. The summed E-state index contributed by atoms with van der Waals surface area (Å²) in [4.78, 5) is 8.36. The van der Waals surface area contributed by atoms with Gasteiger partial charge in [0.25, 0.3) is 0 Å². The molecule has 2 aromatic carbocycles. The quantitative estimate of drug-likeness (QED) is 0.663. The molecule has 0 aliphatic heterocycles. The molecule has 0 aliphatic rings. The highest BCUT2D eigenvalue weighted by Gasteiger charge is 2.11. The molecule has 0 unspecified atom stereocenters. The number of halogens is 3. The van der Waals surface area contributed by atoms with Crippen LogP contribution >= 0.6 is 23.2 Å². The molecule has 0 saturated carbocycles. The van der Waals surface area contributed by atoms with E-state index in [-0.39, 0.29) is 15.7 Å². The van der Waals surface area contributed by atoms with E-state index in [0.29, 0.717) is 35.6 Å². The van der Waals surface area contributed by atoms with Crippen molar-refractivity contribution in [2.75, 3.05) is 18.5 Å². The molecule has 8 heteroatoms. The highest BCUT2D eigenvalue weighted by molar-refractivity contribution is 6.42. The average molecular weight is 367 g/mol. The largest absolute Gasteiger partial charge is 0.492 e. The second-order valence-corrected chi connectivity index (χ2v) is 5.72. The van der Waals surface area contributed by atoms with Crippen molar-refractivity contribution in [3.8, 4) is 5.75 Å². The summed E-state index contributed by atoms with van der Waals surface area (Å²) in [5, 5.41) is 4.02. The molecule has 3 N–H and O–H groups in total. The summed E-state index contributed by atoms with van der Waals surface area (Å²) in [7, 11) is 0. The lowest BCUT2D eigenvalue weighted by atomic mass is 10.2. The second kappa shape index (κ2) is 7.17. The van der Waals surface area contributed by atoms with Gasteiger partial charge >= 0.3 is 0 Å². The van der Waals surface area contributed by atoms with Crippen molar-refractivity contribution >= 4 is 45.6 Å². The van der Waals surface area contributed by atoms with E-state index in [9.17, 15) is 4.39 Å². The van der Waals surface area contributed by atoms with E-state index in [1.165, 1.54) is 12.4 Å². The minimum atomic E-state index is -0.529. The standard InChI is InChI=1S/C16H13Cl2FN4O/c17-11-6-13(19)15(7-12(11)18)23-16-10-2-1-9(24-4-3-20)5-14(10)21-8-22-16/h1-2,5-8H,3-4,20H2,(H,21,22,23). The van der Waals surface area contributed by atoms with Crippen LogP contribution in [0.5, 0.6) is 5.75 Å². The molecule has 0 saturated heterocycles. The summed E-state index contributed by atoms with van der Waals surface area (Å²) in [6.07, 6.45) is 1.38. The molecule has 0 radical (unpaired) electrons. The fourth-order valence-corrected chi connectivity index (χ4v) is 2.46. The lowest BCUT2D eigenvalue weighted by Gasteiger charge is -2.11. The van der Waals surface area contributed by atoms with Crippen LogP contribution in [-0.4, -0.2) is 23.1 Å². The number of rotatable bonds is 5. The molecule has 3 rings (SSSR count). The van der Waals surface area contributed by atoms with Gasteiger partial charge in [0, 0.05) is 18.0 Å². The molecule has 0 bridgehead atoms. The molecule has 1 heterocycles. The minimum Gasteiger partial charge on any atom is -0.492 e. The maximum atomic E-state index is 14.0. The molecule has 0 fully saturated rings. The smallest absolute Gasteiger partial charge is 0.148 e. The van der Waals surface area contributed by atoms with Crippen LogP contribution in [0.3, 0.4) is 0 Å². The van der Waals surface area contributed by atoms with E-state index in [0.717, 1.165) is 6.07 Å². The Balaban J connectivity index is 1.96. The number of aromatic nitrogens is 2. The van der Waals surface area contributed by atoms with Crippen LogP contribution in [0.25, 0.3) is 10.9 Å². The summed E-state index contributed by atoms with van der Waals surface area (Å²) < 4.78 is 19.5. The van der Waals surface area contributed by atoms with Gasteiger partial charge < -0.3 is 15.8 Å². The van der Waals surface area contributed by atoms with E-state index < -0.39 is 5.82 Å². The maximum Gasteiger partial charge on any atom is 0.148 e. The number of hydrogen-bond acceptors (Lipinski definition) is 5. The Hall–Kier alpha value is -2.15. The summed E-state index contributed by atoms with van der Waals surface area (Å²) in [6.45, 7) is 0.835. The Morgan fingerprint density at radius 3 is 2.71 bits per heavy atom. The molecule has 0 atom stereocenters.